The number of carbonyl (C=O) groups is 1. The minimum atomic E-state index is -0.243. The van der Waals surface area contributed by atoms with Gasteiger partial charge >= 0.3 is 5.97 Å². The lowest BCUT2D eigenvalue weighted by Gasteiger charge is -2.43. The highest BCUT2D eigenvalue weighted by molar-refractivity contribution is 5.85. The normalized spacial score (nSPS) is 38.4. The predicted molar refractivity (Wildman–Crippen MR) is 53.5 cm³/mol. The van der Waals surface area contributed by atoms with Gasteiger partial charge in [-0.2, -0.15) is 0 Å². The zero-order valence-corrected chi connectivity index (χ0v) is 9.28. The van der Waals surface area contributed by atoms with Crippen LogP contribution in [-0.4, -0.2) is 38.9 Å². The van der Waals surface area contributed by atoms with E-state index in [1.54, 1.807) is 7.11 Å². The third-order valence-electron chi connectivity index (χ3n) is 3.19. The number of hydrogen-bond donors (Lipinski definition) is 1. The van der Waals surface area contributed by atoms with Crippen molar-refractivity contribution in [3.05, 3.63) is 0 Å². The Morgan fingerprint density at radius 1 is 1.43 bits per heavy atom. The first-order valence-electron chi connectivity index (χ1n) is 4.49. The lowest BCUT2D eigenvalue weighted by molar-refractivity contribution is -0.158. The minimum Gasteiger partial charge on any atom is -0.469 e. The predicted octanol–water partition coefficient (Wildman–Crippen LogP) is 0.350. The summed E-state index contributed by atoms with van der Waals surface area (Å²) >= 11 is 0. The molecular weight excluding hydrogens is 206 g/mol. The Balaban J connectivity index is 0.000000980. The zero-order chi connectivity index (χ0) is 9.53. The highest BCUT2D eigenvalue weighted by atomic mass is 35.5. The Bertz CT molecular complexity index is 238. The van der Waals surface area contributed by atoms with Gasteiger partial charge in [0.25, 0.3) is 0 Å². The summed E-state index contributed by atoms with van der Waals surface area (Å²) in [6.07, 6.45) is 1.72. The number of rotatable bonds is 3. The fourth-order valence-electron chi connectivity index (χ4n) is 2.71. The summed E-state index contributed by atoms with van der Waals surface area (Å²) in [6.45, 7) is 1.43. The summed E-state index contributed by atoms with van der Waals surface area (Å²) in [6, 6.07) is 0. The standard InChI is InChI=1S/C9H15NO3.ClH/c1-12-6-9-3-8(4-9,5-10-9)7(11)13-2;/h10H,3-6H2,1-2H3;1H. The van der Waals surface area contributed by atoms with Crippen LogP contribution >= 0.6 is 12.4 Å². The van der Waals surface area contributed by atoms with Gasteiger partial charge in [0.05, 0.1) is 19.1 Å². The Labute approximate surface area is 89.7 Å². The molecule has 0 atom stereocenters. The van der Waals surface area contributed by atoms with E-state index in [1.165, 1.54) is 7.11 Å². The van der Waals surface area contributed by atoms with Crippen LogP contribution in [0, 0.1) is 5.41 Å². The van der Waals surface area contributed by atoms with Crippen molar-refractivity contribution >= 4 is 18.4 Å². The molecule has 0 spiro atoms. The molecule has 0 aromatic carbocycles. The van der Waals surface area contributed by atoms with Crippen LogP contribution in [0.1, 0.15) is 12.8 Å². The van der Waals surface area contributed by atoms with Gasteiger partial charge < -0.3 is 14.8 Å². The second-order valence-corrected chi connectivity index (χ2v) is 4.19. The Morgan fingerprint density at radius 2 is 2.07 bits per heavy atom. The molecule has 3 fully saturated rings. The number of esters is 1. The maximum Gasteiger partial charge on any atom is 0.313 e. The lowest BCUT2D eigenvalue weighted by atomic mass is 9.62. The van der Waals surface area contributed by atoms with E-state index < -0.39 is 0 Å². The second kappa shape index (κ2) is 3.68. The average Bonchev–Trinajstić information content (AvgIpc) is 2.59. The van der Waals surface area contributed by atoms with Gasteiger partial charge in [-0.05, 0) is 12.8 Å². The Hall–Kier alpha value is -0.320. The van der Waals surface area contributed by atoms with Crippen molar-refractivity contribution in [3.8, 4) is 0 Å². The smallest absolute Gasteiger partial charge is 0.313 e. The molecule has 5 heteroatoms. The molecule has 0 unspecified atom stereocenters. The molecule has 2 aliphatic heterocycles. The molecule has 1 N–H and O–H groups in total. The average molecular weight is 222 g/mol. The van der Waals surface area contributed by atoms with E-state index in [2.05, 4.69) is 5.32 Å². The molecule has 14 heavy (non-hydrogen) atoms. The van der Waals surface area contributed by atoms with Crippen molar-refractivity contribution in [3.63, 3.8) is 0 Å². The molecule has 2 bridgehead atoms. The Morgan fingerprint density at radius 3 is 2.57 bits per heavy atom. The molecular formula is C9H16ClNO3. The summed E-state index contributed by atoms with van der Waals surface area (Å²) in [7, 11) is 3.14. The summed E-state index contributed by atoms with van der Waals surface area (Å²) in [5, 5.41) is 3.34. The number of ether oxygens (including phenoxy) is 2. The van der Waals surface area contributed by atoms with E-state index in [-0.39, 0.29) is 29.3 Å². The van der Waals surface area contributed by atoms with Crippen LogP contribution in [0.4, 0.5) is 0 Å². The molecule has 1 aliphatic carbocycles. The van der Waals surface area contributed by atoms with Crippen molar-refractivity contribution in [2.45, 2.75) is 18.4 Å². The SMILES string of the molecule is COCC12CC(C(=O)OC)(CN1)C2.Cl. The van der Waals surface area contributed by atoms with Crippen molar-refractivity contribution in [2.75, 3.05) is 27.4 Å². The molecule has 0 amide bonds. The summed E-state index contributed by atoms with van der Waals surface area (Å²) < 4.78 is 9.89. The molecule has 0 aromatic heterocycles. The largest absolute Gasteiger partial charge is 0.469 e. The molecule has 2 saturated heterocycles. The number of hydrogen-bond acceptors (Lipinski definition) is 4. The quantitative estimate of drug-likeness (QED) is 0.699. The molecule has 1 saturated carbocycles. The van der Waals surface area contributed by atoms with Crippen molar-refractivity contribution in [1.82, 2.24) is 5.32 Å². The number of methoxy groups -OCH3 is 2. The van der Waals surface area contributed by atoms with Crippen LogP contribution in [0.15, 0.2) is 0 Å². The van der Waals surface area contributed by atoms with E-state index in [1.807, 2.05) is 0 Å². The van der Waals surface area contributed by atoms with E-state index in [4.69, 9.17) is 9.47 Å². The van der Waals surface area contributed by atoms with Gasteiger partial charge in [-0.1, -0.05) is 0 Å². The van der Waals surface area contributed by atoms with Crippen LogP contribution in [0.3, 0.4) is 0 Å². The van der Waals surface area contributed by atoms with Gasteiger partial charge in [-0.3, -0.25) is 4.79 Å². The van der Waals surface area contributed by atoms with Gasteiger partial charge in [0.15, 0.2) is 0 Å². The van der Waals surface area contributed by atoms with Gasteiger partial charge in [-0.15, -0.1) is 12.4 Å². The first kappa shape index (κ1) is 11.8. The fourth-order valence-corrected chi connectivity index (χ4v) is 2.71. The Kier molecular flexibility index (Phi) is 3.09. The summed E-state index contributed by atoms with van der Waals surface area (Å²) in [5.74, 6) is -0.0794. The van der Waals surface area contributed by atoms with Gasteiger partial charge in [-0.25, -0.2) is 0 Å². The lowest BCUT2D eigenvalue weighted by Crippen LogP contribution is -2.54. The zero-order valence-electron chi connectivity index (χ0n) is 8.46. The van der Waals surface area contributed by atoms with E-state index in [0.29, 0.717) is 6.61 Å². The van der Waals surface area contributed by atoms with Gasteiger partial charge in [0.1, 0.15) is 0 Å². The molecule has 4 nitrogen and oxygen atoms in total. The number of carbonyl (C=O) groups excluding carboxylic acids is 1. The van der Waals surface area contributed by atoms with E-state index >= 15 is 0 Å². The first-order valence-corrected chi connectivity index (χ1v) is 4.49. The van der Waals surface area contributed by atoms with Crippen LogP contribution in [-0.2, 0) is 14.3 Å². The molecule has 82 valence electrons. The van der Waals surface area contributed by atoms with Crippen molar-refractivity contribution in [1.29, 1.82) is 0 Å². The highest BCUT2D eigenvalue weighted by Crippen LogP contribution is 2.54. The number of nitrogens with one attached hydrogen (secondary N) is 1. The summed E-state index contributed by atoms with van der Waals surface area (Å²) in [5.41, 5.74) is -0.184. The van der Waals surface area contributed by atoms with E-state index in [0.717, 1.165) is 19.4 Å². The fraction of sp³-hybridized carbons (Fsp3) is 0.889. The third kappa shape index (κ3) is 1.42. The minimum absolute atomic E-state index is 0. The monoisotopic (exact) mass is 221 g/mol. The third-order valence-corrected chi connectivity index (χ3v) is 3.19. The molecule has 3 aliphatic rings. The molecule has 0 radical (unpaired) electrons. The maximum absolute atomic E-state index is 11.4. The number of fused-ring (bicyclic) bond motifs is 1. The van der Waals surface area contributed by atoms with Crippen LogP contribution < -0.4 is 5.32 Å². The van der Waals surface area contributed by atoms with Crippen molar-refractivity contribution in [2.24, 2.45) is 5.41 Å². The summed E-state index contributed by atoms with van der Waals surface area (Å²) in [4.78, 5) is 11.4. The molecule has 0 aromatic rings. The highest BCUT2D eigenvalue weighted by Gasteiger charge is 2.65. The first-order chi connectivity index (χ1) is 6.16. The van der Waals surface area contributed by atoms with Gasteiger partial charge in [0.2, 0.25) is 0 Å². The maximum atomic E-state index is 11.4. The van der Waals surface area contributed by atoms with Crippen molar-refractivity contribution < 1.29 is 14.3 Å². The molecule has 3 rings (SSSR count). The number of halogens is 1. The van der Waals surface area contributed by atoms with Crippen LogP contribution in [0.5, 0.6) is 0 Å². The van der Waals surface area contributed by atoms with E-state index in [9.17, 15) is 4.79 Å². The molecule has 2 heterocycles. The van der Waals surface area contributed by atoms with Crippen LogP contribution in [0.2, 0.25) is 0 Å². The van der Waals surface area contributed by atoms with Crippen LogP contribution in [0.25, 0.3) is 0 Å². The second-order valence-electron chi connectivity index (χ2n) is 4.19. The topological polar surface area (TPSA) is 47.6 Å². The van der Waals surface area contributed by atoms with Gasteiger partial charge in [0, 0.05) is 19.2 Å².